The van der Waals surface area contributed by atoms with Crippen molar-refractivity contribution < 1.29 is 9.50 Å². The molecule has 0 aromatic heterocycles. The van der Waals surface area contributed by atoms with Crippen LogP contribution in [-0.4, -0.2) is 17.7 Å². The molecule has 1 aliphatic carbocycles. The van der Waals surface area contributed by atoms with E-state index in [-0.39, 0.29) is 12.4 Å². The molecule has 0 heterocycles. The smallest absolute Gasteiger partial charge is 0.123 e. The number of halogens is 1. The first-order valence-corrected chi connectivity index (χ1v) is 6.42. The fourth-order valence-corrected chi connectivity index (χ4v) is 2.80. The van der Waals surface area contributed by atoms with Gasteiger partial charge in [0, 0.05) is 23.8 Å². The van der Waals surface area contributed by atoms with E-state index < -0.39 is 0 Å². The molecular formula is C14H20FNO. The number of hydrogen-bond acceptors (Lipinski definition) is 2. The van der Waals surface area contributed by atoms with E-state index in [0.717, 1.165) is 12.2 Å². The molecule has 0 bridgehead atoms. The maximum Gasteiger partial charge on any atom is 0.123 e. The maximum atomic E-state index is 13.1. The number of benzene rings is 1. The number of aliphatic hydroxyl groups is 1. The Bertz CT molecular complexity index is 374. The van der Waals surface area contributed by atoms with Crippen LogP contribution in [-0.2, 0) is 6.61 Å². The fraction of sp³-hybridized carbons (Fsp3) is 0.571. The second-order valence-corrected chi connectivity index (χ2v) is 4.66. The zero-order valence-corrected chi connectivity index (χ0v) is 10.3. The highest BCUT2D eigenvalue weighted by atomic mass is 19.1. The number of rotatable bonds is 4. The average Bonchev–Trinajstić information content (AvgIpc) is 2.85. The zero-order valence-electron chi connectivity index (χ0n) is 10.3. The highest BCUT2D eigenvalue weighted by Gasteiger charge is 2.23. The molecule has 1 saturated carbocycles. The normalized spacial score (nSPS) is 16.4. The lowest BCUT2D eigenvalue weighted by atomic mass is 10.1. The van der Waals surface area contributed by atoms with Crippen LogP contribution in [0.1, 0.15) is 38.2 Å². The monoisotopic (exact) mass is 237 g/mol. The van der Waals surface area contributed by atoms with E-state index in [2.05, 4.69) is 11.8 Å². The van der Waals surface area contributed by atoms with Gasteiger partial charge in [-0.3, -0.25) is 0 Å². The van der Waals surface area contributed by atoms with Crippen LogP contribution in [0.5, 0.6) is 0 Å². The van der Waals surface area contributed by atoms with Crippen molar-refractivity contribution in [1.82, 2.24) is 0 Å². The van der Waals surface area contributed by atoms with Crippen molar-refractivity contribution in [2.75, 3.05) is 11.4 Å². The Morgan fingerprint density at radius 2 is 2.06 bits per heavy atom. The summed E-state index contributed by atoms with van der Waals surface area (Å²) in [4.78, 5) is 2.30. The Morgan fingerprint density at radius 3 is 2.65 bits per heavy atom. The van der Waals surface area contributed by atoms with Gasteiger partial charge in [-0.2, -0.15) is 0 Å². The van der Waals surface area contributed by atoms with Crippen LogP contribution >= 0.6 is 0 Å². The first kappa shape index (κ1) is 12.4. The molecule has 0 saturated heterocycles. The first-order chi connectivity index (χ1) is 8.26. The standard InChI is InChI=1S/C14H20FNO/c1-2-16(13-5-3-4-6-13)14-8-7-12(15)9-11(14)10-17/h7-9,13,17H,2-6,10H2,1H3. The van der Waals surface area contributed by atoms with E-state index in [0.29, 0.717) is 11.6 Å². The summed E-state index contributed by atoms with van der Waals surface area (Å²) in [6.07, 6.45) is 4.96. The molecule has 1 aliphatic rings. The lowest BCUT2D eigenvalue weighted by Gasteiger charge is -2.31. The highest BCUT2D eigenvalue weighted by molar-refractivity contribution is 5.54. The Kier molecular flexibility index (Phi) is 4.00. The molecule has 1 aromatic carbocycles. The van der Waals surface area contributed by atoms with Crippen molar-refractivity contribution in [2.24, 2.45) is 0 Å². The van der Waals surface area contributed by atoms with Crippen LogP contribution in [0.4, 0.5) is 10.1 Å². The summed E-state index contributed by atoms with van der Waals surface area (Å²) in [5.41, 5.74) is 1.68. The summed E-state index contributed by atoms with van der Waals surface area (Å²) < 4.78 is 13.1. The Labute approximate surface area is 102 Å². The van der Waals surface area contributed by atoms with E-state index >= 15 is 0 Å². The first-order valence-electron chi connectivity index (χ1n) is 6.42. The molecule has 0 atom stereocenters. The Balaban J connectivity index is 2.29. The second-order valence-electron chi connectivity index (χ2n) is 4.66. The van der Waals surface area contributed by atoms with Gasteiger partial charge in [-0.05, 0) is 38.0 Å². The van der Waals surface area contributed by atoms with E-state index in [1.165, 1.54) is 37.8 Å². The van der Waals surface area contributed by atoms with Gasteiger partial charge in [0.05, 0.1) is 6.61 Å². The molecular weight excluding hydrogens is 217 g/mol. The maximum absolute atomic E-state index is 13.1. The number of aliphatic hydroxyl groups excluding tert-OH is 1. The summed E-state index contributed by atoms with van der Waals surface area (Å²) in [6, 6.07) is 5.26. The number of hydrogen-bond donors (Lipinski definition) is 1. The molecule has 0 aliphatic heterocycles. The summed E-state index contributed by atoms with van der Waals surface area (Å²) in [5.74, 6) is -0.278. The minimum Gasteiger partial charge on any atom is -0.392 e. The minimum absolute atomic E-state index is 0.101. The molecule has 1 fully saturated rings. The lowest BCUT2D eigenvalue weighted by molar-refractivity contribution is 0.281. The Hall–Kier alpha value is -1.09. The van der Waals surface area contributed by atoms with Crippen molar-refractivity contribution >= 4 is 5.69 Å². The van der Waals surface area contributed by atoms with Gasteiger partial charge in [0.1, 0.15) is 5.82 Å². The number of anilines is 1. The molecule has 17 heavy (non-hydrogen) atoms. The predicted molar refractivity (Wildman–Crippen MR) is 67.6 cm³/mol. The Morgan fingerprint density at radius 1 is 1.35 bits per heavy atom. The van der Waals surface area contributed by atoms with E-state index in [9.17, 15) is 9.50 Å². The van der Waals surface area contributed by atoms with Crippen LogP contribution in [0.25, 0.3) is 0 Å². The van der Waals surface area contributed by atoms with Gasteiger partial charge in [-0.15, -0.1) is 0 Å². The van der Waals surface area contributed by atoms with Crippen molar-refractivity contribution in [3.05, 3.63) is 29.6 Å². The molecule has 3 heteroatoms. The third-order valence-corrected chi connectivity index (χ3v) is 3.63. The van der Waals surface area contributed by atoms with Crippen molar-refractivity contribution in [2.45, 2.75) is 45.3 Å². The van der Waals surface area contributed by atoms with E-state index in [1.807, 2.05) is 0 Å². The highest BCUT2D eigenvalue weighted by Crippen LogP contribution is 2.30. The summed E-state index contributed by atoms with van der Waals surface area (Å²) >= 11 is 0. The molecule has 1 aromatic rings. The van der Waals surface area contributed by atoms with Gasteiger partial charge in [0.15, 0.2) is 0 Å². The molecule has 2 rings (SSSR count). The molecule has 0 spiro atoms. The molecule has 94 valence electrons. The zero-order chi connectivity index (χ0) is 12.3. The fourth-order valence-electron chi connectivity index (χ4n) is 2.80. The van der Waals surface area contributed by atoms with Crippen LogP contribution in [0.2, 0.25) is 0 Å². The van der Waals surface area contributed by atoms with E-state index in [1.54, 1.807) is 6.07 Å². The van der Waals surface area contributed by atoms with Gasteiger partial charge in [0.2, 0.25) is 0 Å². The SMILES string of the molecule is CCN(c1ccc(F)cc1CO)C1CCCC1. The van der Waals surface area contributed by atoms with Crippen LogP contribution < -0.4 is 4.90 Å². The molecule has 0 unspecified atom stereocenters. The van der Waals surface area contributed by atoms with Crippen LogP contribution in [0.3, 0.4) is 0 Å². The summed E-state index contributed by atoms with van der Waals surface area (Å²) in [6.45, 7) is 2.92. The van der Waals surface area contributed by atoms with Crippen molar-refractivity contribution in [3.63, 3.8) is 0 Å². The van der Waals surface area contributed by atoms with Crippen molar-refractivity contribution in [1.29, 1.82) is 0 Å². The summed E-state index contributed by atoms with van der Waals surface area (Å²) in [5, 5.41) is 9.34. The van der Waals surface area contributed by atoms with Gasteiger partial charge in [0.25, 0.3) is 0 Å². The van der Waals surface area contributed by atoms with Gasteiger partial charge in [-0.25, -0.2) is 4.39 Å². The van der Waals surface area contributed by atoms with Crippen molar-refractivity contribution in [3.8, 4) is 0 Å². The predicted octanol–water partition coefficient (Wildman–Crippen LogP) is 3.09. The van der Waals surface area contributed by atoms with Gasteiger partial charge >= 0.3 is 0 Å². The topological polar surface area (TPSA) is 23.5 Å². The van der Waals surface area contributed by atoms with Gasteiger partial charge in [-0.1, -0.05) is 12.8 Å². The van der Waals surface area contributed by atoms with E-state index in [4.69, 9.17) is 0 Å². The average molecular weight is 237 g/mol. The summed E-state index contributed by atoms with van der Waals surface area (Å²) in [7, 11) is 0. The molecule has 1 N–H and O–H groups in total. The largest absolute Gasteiger partial charge is 0.392 e. The van der Waals surface area contributed by atoms with Crippen LogP contribution in [0, 0.1) is 5.82 Å². The molecule has 2 nitrogen and oxygen atoms in total. The lowest BCUT2D eigenvalue weighted by Crippen LogP contribution is -2.33. The molecule has 0 radical (unpaired) electrons. The second kappa shape index (κ2) is 5.50. The quantitative estimate of drug-likeness (QED) is 0.870. The number of nitrogens with zero attached hydrogens (tertiary/aromatic N) is 1. The van der Waals surface area contributed by atoms with Gasteiger partial charge < -0.3 is 10.0 Å². The third-order valence-electron chi connectivity index (χ3n) is 3.63. The third kappa shape index (κ3) is 2.60. The minimum atomic E-state index is -0.278. The molecule has 0 amide bonds. The van der Waals surface area contributed by atoms with Crippen LogP contribution in [0.15, 0.2) is 18.2 Å².